The molecule has 31 heavy (non-hydrogen) atoms. The smallest absolute Gasteiger partial charge is 0.336 e. The highest BCUT2D eigenvalue weighted by Crippen LogP contribution is 2.24. The molecular weight excluding hydrogens is 398 g/mol. The summed E-state index contributed by atoms with van der Waals surface area (Å²) >= 11 is 0. The summed E-state index contributed by atoms with van der Waals surface area (Å²) in [5.41, 5.74) is 3.07. The molecule has 0 fully saturated rings. The summed E-state index contributed by atoms with van der Waals surface area (Å²) in [6.45, 7) is 3.67. The average molecular weight is 419 g/mol. The average Bonchev–Trinajstić information content (AvgIpc) is 2.99. The summed E-state index contributed by atoms with van der Waals surface area (Å²) in [7, 11) is 0. The second kappa shape index (κ2) is 8.18. The van der Waals surface area contributed by atoms with Crippen molar-refractivity contribution in [1.82, 2.24) is 4.90 Å². The number of rotatable bonds is 6. The Balaban J connectivity index is 1.41. The lowest BCUT2D eigenvalue weighted by Crippen LogP contribution is -2.32. The monoisotopic (exact) mass is 419 g/mol. The van der Waals surface area contributed by atoms with E-state index in [1.165, 1.54) is 6.07 Å². The number of esters is 1. The van der Waals surface area contributed by atoms with Crippen LogP contribution in [0.2, 0.25) is 0 Å². The minimum absolute atomic E-state index is 0.0677. The zero-order valence-corrected chi connectivity index (χ0v) is 17.3. The lowest BCUT2D eigenvalue weighted by molar-refractivity contribution is -0.145. The van der Waals surface area contributed by atoms with E-state index in [1.807, 2.05) is 26.0 Å². The fourth-order valence-electron chi connectivity index (χ4n) is 3.65. The van der Waals surface area contributed by atoms with E-state index in [2.05, 4.69) is 0 Å². The first kappa shape index (κ1) is 20.5. The molecule has 4 rings (SSSR count). The third kappa shape index (κ3) is 3.99. The van der Waals surface area contributed by atoms with Crippen molar-refractivity contribution >= 4 is 28.8 Å². The SMILES string of the molecule is CCc1ccc2c(COC(=O)CCN3C(=O)c4ccc(C)cc4C3=O)cc(=O)oc2c1. The Morgan fingerprint density at radius 1 is 1.00 bits per heavy atom. The van der Waals surface area contributed by atoms with Crippen LogP contribution < -0.4 is 5.63 Å². The molecule has 0 aliphatic carbocycles. The predicted molar refractivity (Wildman–Crippen MR) is 113 cm³/mol. The van der Waals surface area contributed by atoms with E-state index in [1.54, 1.807) is 24.3 Å². The highest BCUT2D eigenvalue weighted by Gasteiger charge is 2.35. The second-order valence-corrected chi connectivity index (χ2v) is 7.50. The van der Waals surface area contributed by atoms with Crippen molar-refractivity contribution in [1.29, 1.82) is 0 Å². The van der Waals surface area contributed by atoms with Gasteiger partial charge in [0.1, 0.15) is 12.2 Å². The molecule has 2 aromatic carbocycles. The molecule has 2 amide bonds. The molecule has 0 bridgehead atoms. The number of fused-ring (bicyclic) bond motifs is 2. The number of nitrogens with zero attached hydrogens (tertiary/aromatic N) is 1. The Labute approximate surface area is 178 Å². The number of imide groups is 1. The van der Waals surface area contributed by atoms with Gasteiger partial charge in [0.15, 0.2) is 0 Å². The van der Waals surface area contributed by atoms with Crippen molar-refractivity contribution < 1.29 is 23.5 Å². The third-order valence-corrected chi connectivity index (χ3v) is 5.36. The molecule has 1 aliphatic heterocycles. The van der Waals surface area contributed by atoms with Gasteiger partial charge in [0.05, 0.1) is 17.5 Å². The maximum Gasteiger partial charge on any atom is 0.336 e. The van der Waals surface area contributed by atoms with Gasteiger partial charge in [0.2, 0.25) is 0 Å². The molecule has 0 saturated heterocycles. The van der Waals surface area contributed by atoms with Crippen LogP contribution in [0.1, 0.15) is 50.8 Å². The normalized spacial score (nSPS) is 13.0. The number of hydrogen-bond acceptors (Lipinski definition) is 6. The van der Waals surface area contributed by atoms with Crippen molar-refractivity contribution in [3.05, 3.63) is 80.7 Å². The fourth-order valence-corrected chi connectivity index (χ4v) is 3.65. The van der Waals surface area contributed by atoms with E-state index in [4.69, 9.17) is 9.15 Å². The van der Waals surface area contributed by atoms with E-state index in [0.29, 0.717) is 27.7 Å². The summed E-state index contributed by atoms with van der Waals surface area (Å²) in [5, 5.41) is 0.695. The van der Waals surface area contributed by atoms with E-state index in [-0.39, 0.29) is 19.6 Å². The van der Waals surface area contributed by atoms with Crippen LogP contribution in [0.5, 0.6) is 0 Å². The number of aryl methyl sites for hydroxylation is 2. The molecule has 0 N–H and O–H groups in total. The quantitative estimate of drug-likeness (QED) is 0.345. The first-order valence-electron chi connectivity index (χ1n) is 10.1. The zero-order chi connectivity index (χ0) is 22.1. The summed E-state index contributed by atoms with van der Waals surface area (Å²) in [4.78, 5) is 50.1. The number of ether oxygens (including phenoxy) is 1. The summed E-state index contributed by atoms with van der Waals surface area (Å²) in [6, 6.07) is 11.9. The minimum atomic E-state index is -0.570. The van der Waals surface area contributed by atoms with Crippen LogP contribution in [-0.4, -0.2) is 29.2 Å². The summed E-state index contributed by atoms with van der Waals surface area (Å²) in [5.74, 6) is -1.39. The van der Waals surface area contributed by atoms with Crippen molar-refractivity contribution in [2.45, 2.75) is 33.3 Å². The number of amides is 2. The molecule has 7 heteroatoms. The maximum absolute atomic E-state index is 12.5. The molecule has 0 saturated carbocycles. The third-order valence-electron chi connectivity index (χ3n) is 5.36. The van der Waals surface area contributed by atoms with Crippen molar-refractivity contribution in [2.75, 3.05) is 6.54 Å². The Bertz CT molecular complexity index is 1270. The van der Waals surface area contributed by atoms with Gasteiger partial charge in [-0.05, 0) is 37.1 Å². The summed E-state index contributed by atoms with van der Waals surface area (Å²) in [6.07, 6.45) is 0.667. The lowest BCUT2D eigenvalue weighted by Gasteiger charge is -2.13. The lowest BCUT2D eigenvalue weighted by atomic mass is 10.1. The van der Waals surface area contributed by atoms with Gasteiger partial charge in [-0.1, -0.05) is 30.7 Å². The molecule has 1 aliphatic rings. The second-order valence-electron chi connectivity index (χ2n) is 7.50. The van der Waals surface area contributed by atoms with Crippen LogP contribution in [0, 0.1) is 6.92 Å². The van der Waals surface area contributed by atoms with Crippen LogP contribution in [0.15, 0.2) is 51.7 Å². The first-order valence-corrected chi connectivity index (χ1v) is 10.1. The van der Waals surface area contributed by atoms with Crippen molar-refractivity contribution in [3.63, 3.8) is 0 Å². The molecule has 0 atom stereocenters. The molecule has 7 nitrogen and oxygen atoms in total. The largest absolute Gasteiger partial charge is 0.461 e. The van der Waals surface area contributed by atoms with Crippen LogP contribution in [0.3, 0.4) is 0 Å². The number of carbonyl (C=O) groups is 3. The number of hydrogen-bond donors (Lipinski definition) is 0. The number of benzene rings is 2. The van der Waals surface area contributed by atoms with E-state index in [9.17, 15) is 19.2 Å². The zero-order valence-electron chi connectivity index (χ0n) is 17.3. The summed E-state index contributed by atoms with van der Waals surface area (Å²) < 4.78 is 10.6. The van der Waals surface area contributed by atoms with Crippen molar-refractivity contribution in [3.8, 4) is 0 Å². The van der Waals surface area contributed by atoms with Gasteiger partial charge in [-0.2, -0.15) is 0 Å². The highest BCUT2D eigenvalue weighted by atomic mass is 16.5. The van der Waals surface area contributed by atoms with Gasteiger partial charge in [0.25, 0.3) is 11.8 Å². The fraction of sp³-hybridized carbons (Fsp3) is 0.250. The molecule has 2 heterocycles. The van der Waals surface area contributed by atoms with Gasteiger partial charge in [-0.25, -0.2) is 4.79 Å². The van der Waals surface area contributed by atoms with Crippen LogP contribution >= 0.6 is 0 Å². The van der Waals surface area contributed by atoms with Gasteiger partial charge < -0.3 is 9.15 Å². The topological polar surface area (TPSA) is 93.9 Å². The molecular formula is C24H21NO6. The number of carbonyl (C=O) groups excluding carboxylic acids is 3. The molecule has 0 spiro atoms. The molecule has 158 valence electrons. The molecule has 0 radical (unpaired) electrons. The minimum Gasteiger partial charge on any atom is -0.461 e. The van der Waals surface area contributed by atoms with E-state index < -0.39 is 23.4 Å². The van der Waals surface area contributed by atoms with Crippen molar-refractivity contribution in [2.24, 2.45) is 0 Å². The maximum atomic E-state index is 12.5. The van der Waals surface area contributed by atoms with Crippen LogP contribution in [0.4, 0.5) is 0 Å². The van der Waals surface area contributed by atoms with Gasteiger partial charge in [-0.3, -0.25) is 19.3 Å². The van der Waals surface area contributed by atoms with E-state index >= 15 is 0 Å². The Hall–Kier alpha value is -3.74. The molecule has 3 aromatic rings. The first-order chi connectivity index (χ1) is 14.9. The molecule has 0 unspecified atom stereocenters. The Kier molecular flexibility index (Phi) is 5.42. The van der Waals surface area contributed by atoms with Crippen LogP contribution in [-0.2, 0) is 22.6 Å². The predicted octanol–water partition coefficient (Wildman–Crippen LogP) is 3.39. The Morgan fingerprint density at radius 3 is 2.55 bits per heavy atom. The standard InChI is InChI=1S/C24H21NO6/c1-3-15-5-7-17-16(12-22(27)31-20(17)11-15)13-30-21(26)8-9-25-23(28)18-6-4-14(2)10-19(18)24(25)29/h4-7,10-12H,3,8-9,13H2,1-2H3. The van der Waals surface area contributed by atoms with Gasteiger partial charge >= 0.3 is 11.6 Å². The van der Waals surface area contributed by atoms with Crippen LogP contribution in [0.25, 0.3) is 11.0 Å². The highest BCUT2D eigenvalue weighted by molar-refractivity contribution is 6.21. The Morgan fingerprint density at radius 2 is 1.77 bits per heavy atom. The van der Waals surface area contributed by atoms with E-state index in [0.717, 1.165) is 22.4 Å². The van der Waals surface area contributed by atoms with Gasteiger partial charge in [-0.15, -0.1) is 0 Å². The molecule has 1 aromatic heterocycles. The van der Waals surface area contributed by atoms with Gasteiger partial charge in [0, 0.05) is 23.6 Å².